The van der Waals surface area contributed by atoms with Crippen molar-refractivity contribution in [2.24, 2.45) is 0 Å². The maximum absolute atomic E-state index is 12.0. The van der Waals surface area contributed by atoms with E-state index in [0.717, 1.165) is 25.5 Å². The van der Waals surface area contributed by atoms with Crippen molar-refractivity contribution < 1.29 is 14.5 Å². The zero-order valence-electron chi connectivity index (χ0n) is 11.5. The highest BCUT2D eigenvalue weighted by Gasteiger charge is 2.18. The van der Waals surface area contributed by atoms with Crippen LogP contribution in [-0.4, -0.2) is 35.2 Å². The standard InChI is InChI=1S/C13H14ClN3O4S/c14-10-4-3-8(6-11(10)17(19)20)12(18)16-13(22)15-7-9-2-1-5-21-9/h3-4,6,9H,1-2,5,7H2,(H2,15,16,18,22). The monoisotopic (exact) mass is 343 g/mol. The predicted molar refractivity (Wildman–Crippen MR) is 85.1 cm³/mol. The van der Waals surface area contributed by atoms with Gasteiger partial charge < -0.3 is 10.1 Å². The number of rotatable bonds is 4. The van der Waals surface area contributed by atoms with Gasteiger partial charge in [-0.25, -0.2) is 0 Å². The van der Waals surface area contributed by atoms with Gasteiger partial charge in [0.05, 0.1) is 11.0 Å². The summed E-state index contributed by atoms with van der Waals surface area (Å²) < 4.78 is 5.42. The molecule has 1 aromatic carbocycles. The Morgan fingerprint density at radius 2 is 2.32 bits per heavy atom. The number of nitrogens with one attached hydrogen (secondary N) is 2. The van der Waals surface area contributed by atoms with E-state index in [9.17, 15) is 14.9 Å². The number of hydrogen-bond acceptors (Lipinski definition) is 5. The highest BCUT2D eigenvalue weighted by atomic mass is 35.5. The summed E-state index contributed by atoms with van der Waals surface area (Å²) in [5.74, 6) is -0.537. The van der Waals surface area contributed by atoms with E-state index in [1.54, 1.807) is 0 Å². The van der Waals surface area contributed by atoms with E-state index in [-0.39, 0.29) is 27.5 Å². The third kappa shape index (κ3) is 4.36. The molecule has 2 N–H and O–H groups in total. The second kappa shape index (κ2) is 7.48. The van der Waals surface area contributed by atoms with Crippen LogP contribution in [0.2, 0.25) is 5.02 Å². The maximum Gasteiger partial charge on any atom is 0.288 e. The molecule has 0 saturated carbocycles. The van der Waals surface area contributed by atoms with E-state index in [1.165, 1.54) is 12.1 Å². The summed E-state index contributed by atoms with van der Waals surface area (Å²) in [6, 6.07) is 3.81. The topological polar surface area (TPSA) is 93.5 Å². The molecule has 9 heteroatoms. The van der Waals surface area contributed by atoms with Crippen LogP contribution in [0.15, 0.2) is 18.2 Å². The predicted octanol–water partition coefficient (Wildman–Crippen LogP) is 2.03. The first kappa shape index (κ1) is 16.6. The van der Waals surface area contributed by atoms with E-state index in [2.05, 4.69) is 10.6 Å². The molecule has 1 aliphatic heterocycles. The average Bonchev–Trinajstić information content (AvgIpc) is 2.98. The van der Waals surface area contributed by atoms with Crippen LogP contribution >= 0.6 is 23.8 Å². The molecule has 1 aliphatic rings. The van der Waals surface area contributed by atoms with Gasteiger partial charge in [0.1, 0.15) is 5.02 Å². The fourth-order valence-electron chi connectivity index (χ4n) is 2.03. The number of ether oxygens (including phenoxy) is 1. The summed E-state index contributed by atoms with van der Waals surface area (Å²) in [7, 11) is 0. The molecule has 7 nitrogen and oxygen atoms in total. The van der Waals surface area contributed by atoms with E-state index in [1.807, 2.05) is 0 Å². The first-order valence-corrected chi connectivity index (χ1v) is 7.40. The molecule has 0 aliphatic carbocycles. The van der Waals surface area contributed by atoms with E-state index in [0.29, 0.717) is 6.54 Å². The Labute approximate surface area is 137 Å². The van der Waals surface area contributed by atoms with Crippen LogP contribution in [0, 0.1) is 10.1 Å². The minimum atomic E-state index is -0.646. The smallest absolute Gasteiger partial charge is 0.288 e. The quantitative estimate of drug-likeness (QED) is 0.493. The summed E-state index contributed by atoms with van der Waals surface area (Å²) in [6.45, 7) is 1.25. The fourth-order valence-corrected chi connectivity index (χ4v) is 2.39. The van der Waals surface area contributed by atoms with Gasteiger partial charge in [0, 0.05) is 24.8 Å². The van der Waals surface area contributed by atoms with Crippen molar-refractivity contribution in [2.45, 2.75) is 18.9 Å². The summed E-state index contributed by atoms with van der Waals surface area (Å²) in [5, 5.41) is 16.3. The van der Waals surface area contributed by atoms with Crippen molar-refractivity contribution in [3.63, 3.8) is 0 Å². The van der Waals surface area contributed by atoms with Gasteiger partial charge >= 0.3 is 0 Å². The van der Waals surface area contributed by atoms with Crippen LogP contribution < -0.4 is 10.6 Å². The molecule has 1 unspecified atom stereocenters. The summed E-state index contributed by atoms with van der Waals surface area (Å²) in [4.78, 5) is 22.2. The zero-order valence-corrected chi connectivity index (χ0v) is 13.1. The Balaban J connectivity index is 1.92. The largest absolute Gasteiger partial charge is 0.376 e. The summed E-state index contributed by atoms with van der Waals surface area (Å²) in [6.07, 6.45) is 2.05. The molecule has 2 rings (SSSR count). The number of halogens is 1. The minimum absolute atomic E-state index is 0.0272. The number of amides is 1. The number of hydrogen-bond donors (Lipinski definition) is 2. The van der Waals surface area contributed by atoms with Crippen molar-refractivity contribution in [1.29, 1.82) is 0 Å². The Hall–Kier alpha value is -1.77. The molecule has 0 aromatic heterocycles. The Kier molecular flexibility index (Phi) is 5.64. The van der Waals surface area contributed by atoms with Gasteiger partial charge in [-0.05, 0) is 37.2 Å². The molecule has 118 valence electrons. The van der Waals surface area contributed by atoms with Crippen molar-refractivity contribution in [3.8, 4) is 0 Å². The molecule has 22 heavy (non-hydrogen) atoms. The molecule has 0 spiro atoms. The Bertz CT molecular complexity index is 605. The Morgan fingerprint density at radius 3 is 2.95 bits per heavy atom. The number of nitrogens with zero attached hydrogens (tertiary/aromatic N) is 1. The lowest BCUT2D eigenvalue weighted by Crippen LogP contribution is -2.42. The lowest BCUT2D eigenvalue weighted by Gasteiger charge is -2.13. The third-order valence-corrected chi connectivity index (χ3v) is 3.71. The van der Waals surface area contributed by atoms with E-state index >= 15 is 0 Å². The van der Waals surface area contributed by atoms with Gasteiger partial charge in [0.25, 0.3) is 11.6 Å². The molecule has 0 bridgehead atoms. The van der Waals surface area contributed by atoms with Crippen molar-refractivity contribution in [3.05, 3.63) is 38.9 Å². The van der Waals surface area contributed by atoms with Crippen LogP contribution in [0.25, 0.3) is 0 Å². The number of thiocarbonyl (C=S) groups is 1. The third-order valence-electron chi connectivity index (χ3n) is 3.15. The van der Waals surface area contributed by atoms with Gasteiger partial charge in [0.2, 0.25) is 0 Å². The minimum Gasteiger partial charge on any atom is -0.376 e. The van der Waals surface area contributed by atoms with Crippen LogP contribution in [0.4, 0.5) is 5.69 Å². The first-order valence-electron chi connectivity index (χ1n) is 6.62. The second-order valence-corrected chi connectivity index (χ2v) is 5.54. The highest BCUT2D eigenvalue weighted by molar-refractivity contribution is 7.80. The Morgan fingerprint density at radius 1 is 1.55 bits per heavy atom. The lowest BCUT2D eigenvalue weighted by molar-refractivity contribution is -0.384. The van der Waals surface area contributed by atoms with Gasteiger partial charge in [-0.2, -0.15) is 0 Å². The highest BCUT2D eigenvalue weighted by Crippen LogP contribution is 2.24. The summed E-state index contributed by atoms with van der Waals surface area (Å²) in [5.41, 5.74) is -0.218. The number of nitro benzene ring substituents is 1. The molecule has 1 saturated heterocycles. The maximum atomic E-state index is 12.0. The molecule has 1 atom stereocenters. The fraction of sp³-hybridized carbons (Fsp3) is 0.385. The van der Waals surface area contributed by atoms with Crippen molar-refractivity contribution >= 4 is 40.5 Å². The van der Waals surface area contributed by atoms with Crippen LogP contribution in [0.3, 0.4) is 0 Å². The number of benzene rings is 1. The lowest BCUT2D eigenvalue weighted by atomic mass is 10.2. The molecule has 1 amide bonds. The van der Waals surface area contributed by atoms with Gasteiger partial charge in [-0.15, -0.1) is 0 Å². The van der Waals surface area contributed by atoms with E-state index < -0.39 is 10.8 Å². The molecular weight excluding hydrogens is 330 g/mol. The van der Waals surface area contributed by atoms with E-state index in [4.69, 9.17) is 28.6 Å². The number of carbonyl (C=O) groups is 1. The molecular formula is C13H14ClN3O4S. The first-order chi connectivity index (χ1) is 10.5. The van der Waals surface area contributed by atoms with Crippen LogP contribution in [0.5, 0.6) is 0 Å². The molecule has 1 aromatic rings. The summed E-state index contributed by atoms with van der Waals surface area (Å²) >= 11 is 10.7. The zero-order chi connectivity index (χ0) is 16.1. The SMILES string of the molecule is O=C(NC(=S)NCC1CCCO1)c1ccc(Cl)c([N+](=O)[O-])c1. The van der Waals surface area contributed by atoms with Crippen molar-refractivity contribution in [2.75, 3.05) is 13.2 Å². The number of carbonyl (C=O) groups excluding carboxylic acids is 1. The van der Waals surface area contributed by atoms with Gasteiger partial charge in [-0.3, -0.25) is 20.2 Å². The van der Waals surface area contributed by atoms with Crippen LogP contribution in [0.1, 0.15) is 23.2 Å². The number of nitro groups is 1. The van der Waals surface area contributed by atoms with Gasteiger partial charge in [-0.1, -0.05) is 11.6 Å². The molecule has 1 heterocycles. The van der Waals surface area contributed by atoms with Gasteiger partial charge in [0.15, 0.2) is 5.11 Å². The van der Waals surface area contributed by atoms with Crippen molar-refractivity contribution in [1.82, 2.24) is 10.6 Å². The molecule has 1 fully saturated rings. The normalized spacial score (nSPS) is 17.0. The van der Waals surface area contributed by atoms with Crippen LogP contribution in [-0.2, 0) is 4.74 Å². The second-order valence-electron chi connectivity index (χ2n) is 4.72. The molecule has 0 radical (unpaired) electrons. The average molecular weight is 344 g/mol.